The molecule has 0 spiro atoms. The van der Waals surface area contributed by atoms with Crippen LogP contribution in [-0.4, -0.2) is 20.7 Å². The fraction of sp³-hybridized carbons (Fsp3) is 0.667. The van der Waals surface area contributed by atoms with Crippen LogP contribution in [-0.2, 0) is 9.59 Å². The third kappa shape index (κ3) is 3.49. The van der Waals surface area contributed by atoms with Gasteiger partial charge in [-0.15, -0.1) is 11.8 Å². The van der Waals surface area contributed by atoms with Gasteiger partial charge in [-0.05, 0) is 24.8 Å². The minimum absolute atomic E-state index is 0.101. The van der Waals surface area contributed by atoms with Crippen molar-refractivity contribution in [2.75, 3.05) is 6.26 Å². The van der Waals surface area contributed by atoms with E-state index in [4.69, 9.17) is 11.6 Å². The van der Waals surface area contributed by atoms with Crippen molar-refractivity contribution in [1.29, 1.82) is 0 Å². The maximum atomic E-state index is 10.8. The summed E-state index contributed by atoms with van der Waals surface area (Å²) in [6, 6.07) is 0. The highest BCUT2D eigenvalue weighted by atomic mass is 35.5. The van der Waals surface area contributed by atoms with Gasteiger partial charge in [-0.3, -0.25) is 9.59 Å². The molecule has 0 bridgehead atoms. The lowest BCUT2D eigenvalue weighted by Crippen LogP contribution is -2.24. The lowest BCUT2D eigenvalue weighted by molar-refractivity contribution is -0.112. The summed E-state index contributed by atoms with van der Waals surface area (Å²) in [4.78, 5) is 21.5. The van der Waals surface area contributed by atoms with E-state index in [2.05, 4.69) is 0 Å². The molecule has 0 N–H and O–H groups in total. The number of carbonyl (C=O) groups is 2. The van der Waals surface area contributed by atoms with Crippen molar-refractivity contribution < 1.29 is 9.59 Å². The normalized spacial score (nSPS) is 15.6. The Balaban J connectivity index is 4.34. The molecular formula is C6H9ClO2S2. The Labute approximate surface area is 79.4 Å². The van der Waals surface area contributed by atoms with E-state index in [0.29, 0.717) is 0 Å². The van der Waals surface area contributed by atoms with Crippen molar-refractivity contribution in [1.82, 2.24) is 0 Å². The van der Waals surface area contributed by atoms with Crippen LogP contribution in [0.25, 0.3) is 0 Å². The minimum atomic E-state index is -0.826. The number of hydrogen-bond acceptors (Lipinski definition) is 4. The molecule has 0 aliphatic rings. The quantitative estimate of drug-likeness (QED) is 0.530. The number of carbonyl (C=O) groups excluding carboxylic acids is 2. The molecule has 0 aliphatic carbocycles. The van der Waals surface area contributed by atoms with Gasteiger partial charge < -0.3 is 0 Å². The maximum Gasteiger partial charge on any atom is 0.247 e. The van der Waals surface area contributed by atoms with Crippen molar-refractivity contribution in [2.45, 2.75) is 17.9 Å². The summed E-state index contributed by atoms with van der Waals surface area (Å²) in [5.41, 5.74) is 0. The minimum Gasteiger partial charge on any atom is -0.287 e. The van der Waals surface area contributed by atoms with Crippen LogP contribution in [0.15, 0.2) is 0 Å². The van der Waals surface area contributed by atoms with Crippen LogP contribution in [0.4, 0.5) is 0 Å². The average molecular weight is 213 g/mol. The van der Waals surface area contributed by atoms with E-state index >= 15 is 0 Å². The summed E-state index contributed by atoms with van der Waals surface area (Å²) in [5.74, 6) is 0. The van der Waals surface area contributed by atoms with E-state index < -0.39 is 9.32 Å². The number of halogens is 1. The van der Waals surface area contributed by atoms with Gasteiger partial charge in [-0.25, -0.2) is 0 Å². The lowest BCUT2D eigenvalue weighted by atomic mass is 10.5. The second-order valence-corrected chi connectivity index (χ2v) is 5.44. The first-order valence-corrected chi connectivity index (χ1v) is 5.29. The van der Waals surface area contributed by atoms with Crippen LogP contribution in [0.3, 0.4) is 0 Å². The zero-order chi connectivity index (χ0) is 9.07. The van der Waals surface area contributed by atoms with Gasteiger partial charge in [0, 0.05) is 6.92 Å². The van der Waals surface area contributed by atoms with Gasteiger partial charge in [0.25, 0.3) is 0 Å². The van der Waals surface area contributed by atoms with E-state index in [1.165, 1.54) is 18.7 Å². The smallest absolute Gasteiger partial charge is 0.247 e. The molecule has 0 heterocycles. The van der Waals surface area contributed by atoms with Crippen LogP contribution >= 0.6 is 35.1 Å². The summed E-state index contributed by atoms with van der Waals surface area (Å²) in [6.07, 6.45) is 1.75. The molecule has 64 valence electrons. The predicted octanol–water partition coefficient (Wildman–Crippen LogP) is 2.11. The molecule has 0 fully saturated rings. The first-order chi connectivity index (χ1) is 4.92. The first-order valence-electron chi connectivity index (χ1n) is 2.87. The molecule has 0 amide bonds. The molecule has 0 radical (unpaired) electrons. The van der Waals surface area contributed by atoms with Gasteiger partial charge in [-0.2, -0.15) is 0 Å². The van der Waals surface area contributed by atoms with Crippen molar-refractivity contribution >= 4 is 45.5 Å². The monoisotopic (exact) mass is 212 g/mol. The van der Waals surface area contributed by atoms with Crippen molar-refractivity contribution in [2.24, 2.45) is 0 Å². The molecule has 1 unspecified atom stereocenters. The molecule has 0 aromatic heterocycles. The molecule has 11 heavy (non-hydrogen) atoms. The van der Waals surface area contributed by atoms with Crippen LogP contribution in [0.1, 0.15) is 13.8 Å². The highest BCUT2D eigenvalue weighted by Gasteiger charge is 2.33. The van der Waals surface area contributed by atoms with E-state index in [1.54, 1.807) is 13.2 Å². The molecule has 0 rings (SSSR count). The molecule has 0 aromatic carbocycles. The van der Waals surface area contributed by atoms with E-state index in [1.807, 2.05) is 0 Å². The van der Waals surface area contributed by atoms with Crippen molar-refractivity contribution in [3.05, 3.63) is 0 Å². The maximum absolute atomic E-state index is 10.8. The Morgan fingerprint density at radius 2 is 1.91 bits per heavy atom. The molecule has 1 atom stereocenters. The zero-order valence-electron chi connectivity index (χ0n) is 6.51. The van der Waals surface area contributed by atoms with E-state index in [0.717, 1.165) is 11.8 Å². The van der Waals surface area contributed by atoms with Crippen LogP contribution in [0.2, 0.25) is 0 Å². The Morgan fingerprint density at radius 1 is 1.45 bits per heavy atom. The fourth-order valence-electron chi connectivity index (χ4n) is 0.436. The highest BCUT2D eigenvalue weighted by Crippen LogP contribution is 2.37. The number of rotatable bonds is 3. The summed E-state index contributed by atoms with van der Waals surface area (Å²) in [6.45, 7) is 3.05. The third-order valence-corrected chi connectivity index (χ3v) is 4.26. The standard InChI is InChI=1S/C6H9ClO2S2/c1-4(8)11-6(2,10-3)5(7)9/h1-3H3. The summed E-state index contributed by atoms with van der Waals surface area (Å²) in [7, 11) is 0. The van der Waals surface area contributed by atoms with Crippen molar-refractivity contribution in [3.63, 3.8) is 0 Å². The Bertz CT molecular complexity index is 183. The summed E-state index contributed by atoms with van der Waals surface area (Å²) >= 11 is 7.52. The predicted molar refractivity (Wildman–Crippen MR) is 51.1 cm³/mol. The van der Waals surface area contributed by atoms with E-state index in [-0.39, 0.29) is 5.12 Å². The van der Waals surface area contributed by atoms with Gasteiger partial charge in [0.2, 0.25) is 5.24 Å². The summed E-state index contributed by atoms with van der Waals surface area (Å²) < 4.78 is -0.826. The Hall–Kier alpha value is 0.330. The van der Waals surface area contributed by atoms with Gasteiger partial charge >= 0.3 is 0 Å². The zero-order valence-corrected chi connectivity index (χ0v) is 8.90. The largest absolute Gasteiger partial charge is 0.287 e. The molecule has 0 aliphatic heterocycles. The fourth-order valence-corrected chi connectivity index (χ4v) is 2.26. The van der Waals surface area contributed by atoms with E-state index in [9.17, 15) is 9.59 Å². The van der Waals surface area contributed by atoms with Gasteiger partial charge in [0.1, 0.15) is 4.08 Å². The number of hydrogen-bond donors (Lipinski definition) is 0. The third-order valence-electron chi connectivity index (χ3n) is 1.09. The molecule has 0 saturated heterocycles. The summed E-state index contributed by atoms with van der Waals surface area (Å²) in [5, 5.41) is -0.596. The average Bonchev–Trinajstić information content (AvgIpc) is 1.86. The second kappa shape index (κ2) is 4.38. The topological polar surface area (TPSA) is 34.1 Å². The SMILES string of the molecule is CSC(C)(SC(C)=O)C(=O)Cl. The van der Waals surface area contributed by atoms with Gasteiger partial charge in [0.05, 0.1) is 0 Å². The van der Waals surface area contributed by atoms with Gasteiger partial charge in [0.15, 0.2) is 5.12 Å². The Morgan fingerprint density at radius 3 is 2.00 bits per heavy atom. The van der Waals surface area contributed by atoms with Crippen LogP contribution in [0, 0.1) is 0 Å². The molecule has 5 heteroatoms. The second-order valence-electron chi connectivity index (χ2n) is 2.02. The molecule has 0 aromatic rings. The van der Waals surface area contributed by atoms with Crippen molar-refractivity contribution in [3.8, 4) is 0 Å². The van der Waals surface area contributed by atoms with Gasteiger partial charge in [-0.1, -0.05) is 11.8 Å². The van der Waals surface area contributed by atoms with Crippen LogP contribution < -0.4 is 0 Å². The number of thioether (sulfide) groups is 2. The van der Waals surface area contributed by atoms with Crippen LogP contribution in [0.5, 0.6) is 0 Å². The molecule has 2 nitrogen and oxygen atoms in total. The lowest BCUT2D eigenvalue weighted by Gasteiger charge is -2.19. The first kappa shape index (κ1) is 11.3. The molecule has 0 saturated carbocycles. The molecular weight excluding hydrogens is 204 g/mol. The highest BCUT2D eigenvalue weighted by molar-refractivity contribution is 8.26. The Kier molecular flexibility index (Phi) is 4.51.